The van der Waals surface area contributed by atoms with Crippen LogP contribution in [0.3, 0.4) is 0 Å². The molecular formula is C23H22N2O4. The second-order valence-corrected chi connectivity index (χ2v) is 6.35. The number of carbonyl (C=O) groups excluding carboxylic acids is 2. The number of hydrogen-bond acceptors (Lipinski definition) is 4. The van der Waals surface area contributed by atoms with Crippen molar-refractivity contribution < 1.29 is 19.1 Å². The van der Waals surface area contributed by atoms with E-state index in [0.29, 0.717) is 5.75 Å². The Labute approximate surface area is 169 Å². The van der Waals surface area contributed by atoms with Crippen LogP contribution in [0.2, 0.25) is 0 Å². The van der Waals surface area contributed by atoms with Crippen LogP contribution in [0.25, 0.3) is 16.8 Å². The number of hydrogen-bond donors (Lipinski definition) is 2. The van der Waals surface area contributed by atoms with Gasteiger partial charge in [-0.25, -0.2) is 0 Å². The normalized spacial score (nSPS) is 11.8. The molecule has 0 aliphatic carbocycles. The largest absolute Gasteiger partial charge is 0.497 e. The monoisotopic (exact) mass is 390 g/mol. The van der Waals surface area contributed by atoms with Crippen molar-refractivity contribution in [3.8, 4) is 11.5 Å². The van der Waals surface area contributed by atoms with E-state index in [-0.39, 0.29) is 0 Å². The molecule has 0 fully saturated rings. The molecule has 0 bridgehead atoms. The number of rotatable bonds is 6. The first kappa shape index (κ1) is 19.9. The van der Waals surface area contributed by atoms with Crippen LogP contribution in [-0.2, 0) is 9.59 Å². The molecule has 148 valence electrons. The van der Waals surface area contributed by atoms with Gasteiger partial charge in [0.15, 0.2) is 6.10 Å². The lowest BCUT2D eigenvalue weighted by atomic mass is 10.1. The van der Waals surface area contributed by atoms with Crippen molar-refractivity contribution in [3.63, 3.8) is 0 Å². The summed E-state index contributed by atoms with van der Waals surface area (Å²) in [5.74, 6) is 0.410. The number of methoxy groups -OCH3 is 1. The van der Waals surface area contributed by atoms with Gasteiger partial charge in [-0.3, -0.25) is 20.4 Å². The van der Waals surface area contributed by atoms with Crippen LogP contribution in [0.5, 0.6) is 11.5 Å². The third kappa shape index (κ3) is 5.59. The quantitative estimate of drug-likeness (QED) is 0.499. The van der Waals surface area contributed by atoms with Crippen molar-refractivity contribution in [2.75, 3.05) is 7.11 Å². The van der Waals surface area contributed by atoms with Crippen LogP contribution in [0.4, 0.5) is 0 Å². The molecule has 3 aromatic rings. The zero-order valence-corrected chi connectivity index (χ0v) is 16.2. The van der Waals surface area contributed by atoms with Crippen molar-refractivity contribution in [2.24, 2.45) is 0 Å². The Kier molecular flexibility index (Phi) is 6.47. The molecule has 0 aliphatic rings. The highest BCUT2D eigenvalue weighted by Crippen LogP contribution is 2.21. The molecule has 2 N–H and O–H groups in total. The van der Waals surface area contributed by atoms with Crippen LogP contribution >= 0.6 is 0 Å². The molecule has 0 aliphatic heterocycles. The first-order valence-electron chi connectivity index (χ1n) is 9.12. The first-order valence-corrected chi connectivity index (χ1v) is 9.12. The van der Waals surface area contributed by atoms with Gasteiger partial charge in [0.2, 0.25) is 0 Å². The Hall–Kier alpha value is -3.80. The standard InChI is InChI=1S/C23H22N2O4/c1-16(29-21-13-10-18-5-3-4-6-19(18)15-21)23(27)25-24-22(26)14-9-17-7-11-20(28-2)12-8-17/h3-16H,1-2H3,(H,24,26)(H,25,27)/b14-9+. The molecule has 0 saturated heterocycles. The Bertz CT molecular complexity index is 1030. The number of nitrogens with one attached hydrogen (secondary N) is 2. The summed E-state index contributed by atoms with van der Waals surface area (Å²) < 4.78 is 10.8. The van der Waals surface area contributed by atoms with Crippen molar-refractivity contribution in [3.05, 3.63) is 78.4 Å². The Morgan fingerprint density at radius 3 is 2.31 bits per heavy atom. The molecule has 1 atom stereocenters. The van der Waals surface area contributed by atoms with E-state index >= 15 is 0 Å². The highest BCUT2D eigenvalue weighted by atomic mass is 16.5. The zero-order chi connectivity index (χ0) is 20.6. The maximum Gasteiger partial charge on any atom is 0.279 e. The molecule has 6 nitrogen and oxygen atoms in total. The van der Waals surface area contributed by atoms with Gasteiger partial charge in [0.1, 0.15) is 11.5 Å². The van der Waals surface area contributed by atoms with E-state index in [9.17, 15) is 9.59 Å². The SMILES string of the molecule is COc1ccc(/C=C/C(=O)NNC(=O)C(C)Oc2ccc3ccccc3c2)cc1. The maximum absolute atomic E-state index is 12.2. The third-order valence-corrected chi connectivity index (χ3v) is 4.25. The molecule has 6 heteroatoms. The summed E-state index contributed by atoms with van der Waals surface area (Å²) in [6.07, 6.45) is 2.19. The molecule has 0 heterocycles. The molecule has 3 aromatic carbocycles. The van der Waals surface area contributed by atoms with Gasteiger partial charge in [0.25, 0.3) is 11.8 Å². The number of ether oxygens (including phenoxy) is 2. The Morgan fingerprint density at radius 2 is 1.59 bits per heavy atom. The van der Waals surface area contributed by atoms with E-state index in [0.717, 1.165) is 22.1 Å². The molecule has 1 unspecified atom stereocenters. The minimum Gasteiger partial charge on any atom is -0.497 e. The summed E-state index contributed by atoms with van der Waals surface area (Å²) >= 11 is 0. The van der Waals surface area contributed by atoms with Gasteiger partial charge in [-0.05, 0) is 53.6 Å². The lowest BCUT2D eigenvalue weighted by Crippen LogP contribution is -2.46. The van der Waals surface area contributed by atoms with Crippen LogP contribution in [0.1, 0.15) is 12.5 Å². The fourth-order valence-corrected chi connectivity index (χ4v) is 2.65. The van der Waals surface area contributed by atoms with Gasteiger partial charge >= 0.3 is 0 Å². The highest BCUT2D eigenvalue weighted by molar-refractivity contribution is 5.93. The maximum atomic E-state index is 12.2. The molecule has 29 heavy (non-hydrogen) atoms. The zero-order valence-electron chi connectivity index (χ0n) is 16.2. The fraction of sp³-hybridized carbons (Fsp3) is 0.130. The minimum absolute atomic E-state index is 0.452. The van der Waals surface area contributed by atoms with Gasteiger partial charge in [0, 0.05) is 6.08 Å². The predicted octanol–water partition coefficient (Wildman–Crippen LogP) is 3.48. The highest BCUT2D eigenvalue weighted by Gasteiger charge is 2.15. The van der Waals surface area contributed by atoms with Crippen molar-refractivity contribution in [2.45, 2.75) is 13.0 Å². The Morgan fingerprint density at radius 1 is 0.897 bits per heavy atom. The average Bonchev–Trinajstić information content (AvgIpc) is 2.76. The molecule has 3 rings (SSSR count). The van der Waals surface area contributed by atoms with Gasteiger partial charge in [-0.2, -0.15) is 0 Å². The number of hydrazine groups is 1. The topological polar surface area (TPSA) is 76.7 Å². The molecular weight excluding hydrogens is 368 g/mol. The van der Waals surface area contributed by atoms with E-state index in [2.05, 4.69) is 10.9 Å². The second kappa shape index (κ2) is 9.41. The third-order valence-electron chi connectivity index (χ3n) is 4.25. The summed E-state index contributed by atoms with van der Waals surface area (Å²) in [7, 11) is 1.59. The minimum atomic E-state index is -0.776. The second-order valence-electron chi connectivity index (χ2n) is 6.35. The number of carbonyl (C=O) groups is 2. The lowest BCUT2D eigenvalue weighted by Gasteiger charge is -2.15. The van der Waals surface area contributed by atoms with Gasteiger partial charge in [-0.15, -0.1) is 0 Å². The van der Waals surface area contributed by atoms with Crippen molar-refractivity contribution >= 4 is 28.7 Å². The molecule has 0 saturated carbocycles. The van der Waals surface area contributed by atoms with Gasteiger partial charge < -0.3 is 9.47 Å². The van der Waals surface area contributed by atoms with Crippen LogP contribution in [0.15, 0.2) is 72.8 Å². The van der Waals surface area contributed by atoms with E-state index < -0.39 is 17.9 Å². The molecule has 2 amide bonds. The van der Waals surface area contributed by atoms with Gasteiger partial charge in [0.05, 0.1) is 7.11 Å². The van der Waals surface area contributed by atoms with E-state index in [1.54, 1.807) is 32.2 Å². The van der Waals surface area contributed by atoms with E-state index in [1.165, 1.54) is 6.08 Å². The molecule has 0 aromatic heterocycles. The number of fused-ring (bicyclic) bond motifs is 1. The first-order chi connectivity index (χ1) is 14.0. The van der Waals surface area contributed by atoms with Crippen molar-refractivity contribution in [1.29, 1.82) is 0 Å². The summed E-state index contributed by atoms with van der Waals surface area (Å²) in [5, 5.41) is 2.11. The average molecular weight is 390 g/mol. The summed E-state index contributed by atoms with van der Waals surface area (Å²) in [5.41, 5.74) is 5.53. The van der Waals surface area contributed by atoms with E-state index in [1.807, 2.05) is 54.6 Å². The van der Waals surface area contributed by atoms with Crippen LogP contribution < -0.4 is 20.3 Å². The summed E-state index contributed by atoms with van der Waals surface area (Å²) in [6.45, 7) is 1.61. The Balaban J connectivity index is 1.49. The van der Waals surface area contributed by atoms with Crippen molar-refractivity contribution in [1.82, 2.24) is 10.9 Å². The molecule has 0 spiro atoms. The van der Waals surface area contributed by atoms with Gasteiger partial charge in [-0.1, -0.05) is 42.5 Å². The lowest BCUT2D eigenvalue weighted by molar-refractivity contribution is -0.131. The fourth-order valence-electron chi connectivity index (χ4n) is 2.65. The smallest absolute Gasteiger partial charge is 0.279 e. The van der Waals surface area contributed by atoms with Crippen LogP contribution in [-0.4, -0.2) is 25.0 Å². The summed E-state index contributed by atoms with van der Waals surface area (Å²) in [4.78, 5) is 24.1. The predicted molar refractivity (Wildman–Crippen MR) is 112 cm³/mol. The summed E-state index contributed by atoms with van der Waals surface area (Å²) in [6, 6.07) is 20.7. The van der Waals surface area contributed by atoms with E-state index in [4.69, 9.17) is 9.47 Å². The van der Waals surface area contributed by atoms with Crippen LogP contribution in [0, 0.1) is 0 Å². The number of amides is 2. The number of benzene rings is 3. The molecule has 0 radical (unpaired) electrons.